The first-order valence-corrected chi connectivity index (χ1v) is 5.52. The number of nitrogens with two attached hydrogens (primary N) is 1. The maximum Gasteiger partial charge on any atom is 0.327 e. The van der Waals surface area contributed by atoms with Crippen LogP contribution in [0.1, 0.15) is 33.1 Å². The van der Waals surface area contributed by atoms with Gasteiger partial charge in [0.25, 0.3) is 0 Å². The molecule has 5 heteroatoms. The molecule has 0 bridgehead atoms. The minimum Gasteiger partial charge on any atom is -0.356 e. The molecule has 0 aromatic rings. The second kappa shape index (κ2) is 6.05. The number of likely N-dealkylation sites (tertiary alicyclic amines) is 1. The van der Waals surface area contributed by atoms with Crippen molar-refractivity contribution in [2.24, 2.45) is 11.8 Å². The van der Waals surface area contributed by atoms with Crippen molar-refractivity contribution in [1.82, 2.24) is 10.5 Å². The molecule has 0 radical (unpaired) electrons. The quantitative estimate of drug-likeness (QED) is 0.525. The summed E-state index contributed by atoms with van der Waals surface area (Å²) in [6, 6.07) is 0.562. The average Bonchev–Trinajstić information content (AvgIpc) is 2.17. The van der Waals surface area contributed by atoms with Gasteiger partial charge in [-0.05, 0) is 32.2 Å². The fourth-order valence-corrected chi connectivity index (χ4v) is 2.14. The Morgan fingerprint density at radius 3 is 2.93 bits per heavy atom. The molecule has 3 N–H and O–H groups in total. The van der Waals surface area contributed by atoms with Crippen molar-refractivity contribution < 1.29 is 9.63 Å². The summed E-state index contributed by atoms with van der Waals surface area (Å²) >= 11 is 0. The molecule has 0 aromatic heterocycles. The minimum atomic E-state index is -0.302. The summed E-state index contributed by atoms with van der Waals surface area (Å²) in [5, 5.41) is 0. The summed E-state index contributed by atoms with van der Waals surface area (Å²) in [5.74, 6) is 5.37. The van der Waals surface area contributed by atoms with E-state index in [9.17, 15) is 4.79 Å². The number of hydrazine groups is 1. The molecule has 0 amide bonds. The Labute approximate surface area is 90.9 Å². The Hall–Kier alpha value is -0.650. The van der Waals surface area contributed by atoms with E-state index < -0.39 is 0 Å². The zero-order chi connectivity index (χ0) is 11.3. The molecular weight excluding hydrogens is 194 g/mol. The van der Waals surface area contributed by atoms with Crippen LogP contribution in [-0.4, -0.2) is 30.0 Å². The first-order chi connectivity index (χ1) is 7.13. The first kappa shape index (κ1) is 12.4. The van der Waals surface area contributed by atoms with Gasteiger partial charge in [-0.1, -0.05) is 12.5 Å². The molecule has 1 rings (SSSR count). The fourth-order valence-electron chi connectivity index (χ4n) is 2.14. The van der Waals surface area contributed by atoms with Crippen molar-refractivity contribution in [2.45, 2.75) is 39.2 Å². The third-order valence-electron chi connectivity index (χ3n) is 3.05. The van der Waals surface area contributed by atoms with E-state index in [4.69, 9.17) is 5.84 Å². The smallest absolute Gasteiger partial charge is 0.327 e. The van der Waals surface area contributed by atoms with Gasteiger partial charge in [-0.15, -0.1) is 0 Å². The SMILES string of the molecule is CC1CCN(CCC(=O)ONN)C(C)C1. The van der Waals surface area contributed by atoms with Crippen LogP contribution in [0.2, 0.25) is 0 Å². The molecule has 2 atom stereocenters. The van der Waals surface area contributed by atoms with E-state index in [-0.39, 0.29) is 5.97 Å². The van der Waals surface area contributed by atoms with Crippen LogP contribution in [-0.2, 0) is 9.63 Å². The van der Waals surface area contributed by atoms with E-state index >= 15 is 0 Å². The molecule has 0 aromatic carbocycles. The third kappa shape index (κ3) is 4.15. The highest BCUT2D eigenvalue weighted by Gasteiger charge is 2.22. The Balaban J connectivity index is 2.23. The lowest BCUT2D eigenvalue weighted by Gasteiger charge is -2.36. The standard InChI is InChI=1S/C10H21N3O2/c1-8-3-5-13(9(2)7-8)6-4-10(14)15-12-11/h8-9,12H,3-7,11H2,1-2H3. The molecular formula is C10H21N3O2. The Kier molecular flexibility index (Phi) is 5.01. The number of hydrogen-bond donors (Lipinski definition) is 2. The molecule has 0 aliphatic carbocycles. The fraction of sp³-hybridized carbons (Fsp3) is 0.900. The largest absolute Gasteiger partial charge is 0.356 e. The van der Waals surface area contributed by atoms with Crippen molar-refractivity contribution in [3.05, 3.63) is 0 Å². The van der Waals surface area contributed by atoms with Crippen LogP contribution in [0.3, 0.4) is 0 Å². The molecule has 2 unspecified atom stereocenters. The molecule has 1 heterocycles. The van der Waals surface area contributed by atoms with Gasteiger partial charge in [0, 0.05) is 12.6 Å². The number of carbonyl (C=O) groups is 1. The van der Waals surface area contributed by atoms with Gasteiger partial charge in [-0.2, -0.15) is 0 Å². The molecule has 15 heavy (non-hydrogen) atoms. The van der Waals surface area contributed by atoms with Crippen molar-refractivity contribution in [2.75, 3.05) is 13.1 Å². The van der Waals surface area contributed by atoms with E-state index in [1.165, 1.54) is 12.8 Å². The summed E-state index contributed by atoms with van der Waals surface area (Å²) in [7, 11) is 0. The zero-order valence-electron chi connectivity index (χ0n) is 9.53. The van der Waals surface area contributed by atoms with Gasteiger partial charge in [0.05, 0.1) is 6.42 Å². The second-order valence-electron chi connectivity index (χ2n) is 4.36. The normalized spacial score (nSPS) is 27.7. The van der Waals surface area contributed by atoms with Crippen LogP contribution < -0.4 is 11.4 Å². The number of hydrogen-bond acceptors (Lipinski definition) is 5. The van der Waals surface area contributed by atoms with Crippen LogP contribution in [0.4, 0.5) is 0 Å². The van der Waals surface area contributed by atoms with Gasteiger partial charge in [0.1, 0.15) is 0 Å². The highest BCUT2D eigenvalue weighted by atomic mass is 16.7. The summed E-state index contributed by atoms with van der Waals surface area (Å²) in [6.07, 6.45) is 2.82. The predicted molar refractivity (Wildman–Crippen MR) is 57.5 cm³/mol. The third-order valence-corrected chi connectivity index (χ3v) is 3.05. The van der Waals surface area contributed by atoms with Gasteiger partial charge >= 0.3 is 5.97 Å². The summed E-state index contributed by atoms with van der Waals surface area (Å²) in [4.78, 5) is 17.8. The highest BCUT2D eigenvalue weighted by Crippen LogP contribution is 2.21. The van der Waals surface area contributed by atoms with Crippen molar-refractivity contribution in [3.8, 4) is 0 Å². The predicted octanol–water partition coefficient (Wildman–Crippen LogP) is 0.418. The Bertz CT molecular complexity index is 211. The van der Waals surface area contributed by atoms with Crippen molar-refractivity contribution in [3.63, 3.8) is 0 Å². The second-order valence-corrected chi connectivity index (χ2v) is 4.36. The molecule has 1 saturated heterocycles. The summed E-state index contributed by atoms with van der Waals surface area (Å²) in [5.41, 5.74) is 1.91. The summed E-state index contributed by atoms with van der Waals surface area (Å²) in [6.45, 7) is 6.32. The lowest BCUT2D eigenvalue weighted by Crippen LogP contribution is -2.41. The minimum absolute atomic E-state index is 0.302. The Morgan fingerprint density at radius 1 is 1.60 bits per heavy atom. The van der Waals surface area contributed by atoms with Gasteiger partial charge in [-0.3, -0.25) is 4.79 Å². The van der Waals surface area contributed by atoms with Crippen LogP contribution in [0.5, 0.6) is 0 Å². The summed E-state index contributed by atoms with van der Waals surface area (Å²) < 4.78 is 0. The number of carbonyl (C=O) groups excluding carboxylic acids is 1. The topological polar surface area (TPSA) is 67.6 Å². The van der Waals surface area contributed by atoms with Crippen LogP contribution in [0.25, 0.3) is 0 Å². The Morgan fingerprint density at radius 2 is 2.33 bits per heavy atom. The van der Waals surface area contributed by atoms with Gasteiger partial charge in [0.2, 0.25) is 0 Å². The van der Waals surface area contributed by atoms with Crippen molar-refractivity contribution >= 4 is 5.97 Å². The van der Waals surface area contributed by atoms with E-state index in [1.54, 1.807) is 0 Å². The monoisotopic (exact) mass is 215 g/mol. The molecule has 88 valence electrons. The highest BCUT2D eigenvalue weighted by molar-refractivity contribution is 5.69. The van der Waals surface area contributed by atoms with E-state index in [0.29, 0.717) is 12.5 Å². The van der Waals surface area contributed by atoms with Gasteiger partial charge < -0.3 is 9.74 Å². The van der Waals surface area contributed by atoms with Crippen LogP contribution in [0, 0.1) is 5.92 Å². The molecule has 1 fully saturated rings. The number of piperidine rings is 1. The maximum absolute atomic E-state index is 11.1. The van der Waals surface area contributed by atoms with Gasteiger partial charge in [0.15, 0.2) is 0 Å². The lowest BCUT2D eigenvalue weighted by molar-refractivity contribution is -0.151. The van der Waals surface area contributed by atoms with Crippen molar-refractivity contribution in [1.29, 1.82) is 0 Å². The van der Waals surface area contributed by atoms with E-state index in [1.807, 2.05) is 5.59 Å². The van der Waals surface area contributed by atoms with E-state index in [2.05, 4.69) is 23.6 Å². The number of rotatable bonds is 4. The number of nitrogens with one attached hydrogen (secondary N) is 1. The van der Waals surface area contributed by atoms with Crippen LogP contribution in [0.15, 0.2) is 0 Å². The molecule has 1 aliphatic heterocycles. The maximum atomic E-state index is 11.1. The molecule has 0 spiro atoms. The van der Waals surface area contributed by atoms with Crippen LogP contribution >= 0.6 is 0 Å². The van der Waals surface area contributed by atoms with E-state index in [0.717, 1.165) is 19.0 Å². The lowest BCUT2D eigenvalue weighted by atomic mass is 9.93. The van der Waals surface area contributed by atoms with Gasteiger partial charge in [-0.25, -0.2) is 5.84 Å². The molecule has 1 aliphatic rings. The molecule has 5 nitrogen and oxygen atoms in total. The first-order valence-electron chi connectivity index (χ1n) is 5.52. The molecule has 0 saturated carbocycles. The number of nitrogens with zero attached hydrogens (tertiary/aromatic N) is 1. The zero-order valence-corrected chi connectivity index (χ0v) is 9.53. The average molecular weight is 215 g/mol.